The standard InChI is InChI=1S/C16H21Br/c17-13-7-12-16(14-8-3-1-4-9-14)15-10-5-2-6-11-15/h1,3-4,8-9,12,15H,2,5-7,10-11,13H2. The highest BCUT2D eigenvalue weighted by Crippen LogP contribution is 2.35. The molecule has 1 saturated carbocycles. The summed E-state index contributed by atoms with van der Waals surface area (Å²) in [6.45, 7) is 0. The van der Waals surface area contributed by atoms with Crippen LogP contribution in [0.5, 0.6) is 0 Å². The minimum absolute atomic E-state index is 0.796. The first-order valence-electron chi connectivity index (χ1n) is 6.73. The molecule has 0 bridgehead atoms. The van der Waals surface area contributed by atoms with Gasteiger partial charge in [-0.1, -0.05) is 71.6 Å². The number of hydrogen-bond donors (Lipinski definition) is 0. The average molecular weight is 293 g/mol. The van der Waals surface area contributed by atoms with Gasteiger partial charge in [0.25, 0.3) is 0 Å². The van der Waals surface area contributed by atoms with Gasteiger partial charge in [-0.15, -0.1) is 0 Å². The van der Waals surface area contributed by atoms with Crippen molar-refractivity contribution in [1.82, 2.24) is 0 Å². The highest BCUT2D eigenvalue weighted by molar-refractivity contribution is 9.09. The zero-order valence-electron chi connectivity index (χ0n) is 10.4. The zero-order valence-corrected chi connectivity index (χ0v) is 12.0. The molecular formula is C16H21Br. The van der Waals surface area contributed by atoms with E-state index in [1.807, 2.05) is 0 Å². The molecule has 0 radical (unpaired) electrons. The van der Waals surface area contributed by atoms with Gasteiger partial charge >= 0.3 is 0 Å². The Hall–Kier alpha value is -0.560. The number of halogens is 1. The third kappa shape index (κ3) is 3.70. The first-order valence-corrected chi connectivity index (χ1v) is 7.85. The van der Waals surface area contributed by atoms with Crippen molar-refractivity contribution in [2.75, 3.05) is 5.33 Å². The van der Waals surface area contributed by atoms with Crippen LogP contribution in [0.25, 0.3) is 5.57 Å². The van der Waals surface area contributed by atoms with Gasteiger partial charge in [0.15, 0.2) is 0 Å². The van der Waals surface area contributed by atoms with Crippen molar-refractivity contribution in [1.29, 1.82) is 0 Å². The lowest BCUT2D eigenvalue weighted by Gasteiger charge is -2.25. The van der Waals surface area contributed by atoms with Crippen molar-refractivity contribution in [2.24, 2.45) is 5.92 Å². The fourth-order valence-corrected chi connectivity index (χ4v) is 3.00. The Kier molecular flexibility index (Phi) is 5.31. The molecule has 2 rings (SSSR count). The van der Waals surface area contributed by atoms with E-state index in [2.05, 4.69) is 52.3 Å². The molecule has 17 heavy (non-hydrogen) atoms. The maximum absolute atomic E-state index is 3.53. The second-order valence-corrected chi connectivity index (χ2v) is 5.63. The fraction of sp³-hybridized carbons (Fsp3) is 0.500. The zero-order chi connectivity index (χ0) is 11.9. The molecule has 0 heterocycles. The van der Waals surface area contributed by atoms with Crippen molar-refractivity contribution in [3.05, 3.63) is 42.0 Å². The molecular weight excluding hydrogens is 272 g/mol. The molecule has 0 saturated heterocycles. The predicted octanol–water partition coefficient (Wildman–Crippen LogP) is 5.44. The van der Waals surface area contributed by atoms with Crippen LogP contribution in [0.1, 0.15) is 44.1 Å². The summed E-state index contributed by atoms with van der Waals surface area (Å²) in [5.74, 6) is 0.796. The van der Waals surface area contributed by atoms with Gasteiger partial charge in [0.1, 0.15) is 0 Å². The van der Waals surface area contributed by atoms with Crippen LogP contribution in [-0.2, 0) is 0 Å². The Labute approximate surface area is 113 Å². The number of rotatable bonds is 4. The second-order valence-electron chi connectivity index (χ2n) is 4.84. The summed E-state index contributed by atoms with van der Waals surface area (Å²) in [4.78, 5) is 0. The summed E-state index contributed by atoms with van der Waals surface area (Å²) >= 11 is 3.53. The maximum Gasteiger partial charge on any atom is 0.00661 e. The molecule has 92 valence electrons. The smallest absolute Gasteiger partial charge is 0.00661 e. The molecule has 1 aliphatic carbocycles. The summed E-state index contributed by atoms with van der Waals surface area (Å²) in [6, 6.07) is 10.9. The van der Waals surface area contributed by atoms with Gasteiger partial charge in [0, 0.05) is 5.33 Å². The first-order chi connectivity index (χ1) is 8.42. The van der Waals surface area contributed by atoms with Gasteiger partial charge in [0.05, 0.1) is 0 Å². The lowest BCUT2D eigenvalue weighted by Crippen LogP contribution is -2.08. The monoisotopic (exact) mass is 292 g/mol. The summed E-state index contributed by atoms with van der Waals surface area (Å²) in [7, 11) is 0. The lowest BCUT2D eigenvalue weighted by atomic mass is 9.80. The van der Waals surface area contributed by atoms with E-state index in [4.69, 9.17) is 0 Å². The van der Waals surface area contributed by atoms with E-state index in [0.29, 0.717) is 0 Å². The molecule has 1 aromatic rings. The fourth-order valence-electron chi connectivity index (χ4n) is 2.77. The van der Waals surface area contributed by atoms with Gasteiger partial charge in [0.2, 0.25) is 0 Å². The van der Waals surface area contributed by atoms with Crippen LogP contribution in [-0.4, -0.2) is 5.33 Å². The summed E-state index contributed by atoms with van der Waals surface area (Å²) in [5, 5.41) is 1.07. The van der Waals surface area contributed by atoms with Crippen LogP contribution in [0.15, 0.2) is 36.4 Å². The molecule has 0 amide bonds. The minimum atomic E-state index is 0.796. The SMILES string of the molecule is BrCCC=C(c1ccccc1)C1CCCCC1. The van der Waals surface area contributed by atoms with Crippen molar-refractivity contribution in [2.45, 2.75) is 38.5 Å². The number of hydrogen-bond acceptors (Lipinski definition) is 0. The second kappa shape index (κ2) is 7.00. The molecule has 1 aromatic carbocycles. The third-order valence-corrected chi connectivity index (χ3v) is 4.08. The average Bonchev–Trinajstić information content (AvgIpc) is 2.42. The first kappa shape index (κ1) is 12.9. The summed E-state index contributed by atoms with van der Waals surface area (Å²) < 4.78 is 0. The van der Waals surface area contributed by atoms with Crippen LogP contribution in [0.2, 0.25) is 0 Å². The Morgan fingerprint density at radius 3 is 2.47 bits per heavy atom. The van der Waals surface area contributed by atoms with Crippen LogP contribution in [0.3, 0.4) is 0 Å². The molecule has 1 aliphatic rings. The molecule has 0 spiro atoms. The number of allylic oxidation sites excluding steroid dienone is 2. The van der Waals surface area contributed by atoms with E-state index in [-0.39, 0.29) is 0 Å². The normalized spacial score (nSPS) is 18.3. The van der Waals surface area contributed by atoms with E-state index in [1.165, 1.54) is 37.7 Å². The predicted molar refractivity (Wildman–Crippen MR) is 79.4 cm³/mol. The molecule has 0 N–H and O–H groups in total. The lowest BCUT2D eigenvalue weighted by molar-refractivity contribution is 0.429. The van der Waals surface area contributed by atoms with E-state index in [1.54, 1.807) is 5.57 Å². The van der Waals surface area contributed by atoms with E-state index in [0.717, 1.165) is 17.7 Å². The largest absolute Gasteiger partial charge is 0.0925 e. The van der Waals surface area contributed by atoms with Crippen LogP contribution in [0, 0.1) is 5.92 Å². The van der Waals surface area contributed by atoms with E-state index < -0.39 is 0 Å². The summed E-state index contributed by atoms with van der Waals surface area (Å²) in [5.41, 5.74) is 3.02. The third-order valence-electron chi connectivity index (χ3n) is 3.63. The minimum Gasteiger partial charge on any atom is -0.0925 e. The quantitative estimate of drug-likeness (QED) is 0.649. The van der Waals surface area contributed by atoms with Crippen molar-refractivity contribution < 1.29 is 0 Å². The van der Waals surface area contributed by atoms with Gasteiger partial charge in [-0.25, -0.2) is 0 Å². The van der Waals surface area contributed by atoms with Gasteiger partial charge in [-0.05, 0) is 36.3 Å². The molecule has 0 unspecified atom stereocenters. The molecule has 1 heteroatoms. The number of alkyl halides is 1. The Bertz CT molecular complexity index is 347. The van der Waals surface area contributed by atoms with Gasteiger partial charge in [-0.3, -0.25) is 0 Å². The van der Waals surface area contributed by atoms with Crippen LogP contribution >= 0.6 is 15.9 Å². The topological polar surface area (TPSA) is 0 Å². The molecule has 1 fully saturated rings. The highest BCUT2D eigenvalue weighted by Gasteiger charge is 2.18. The Morgan fingerprint density at radius 2 is 1.82 bits per heavy atom. The molecule has 0 aliphatic heterocycles. The highest BCUT2D eigenvalue weighted by atomic mass is 79.9. The Balaban J connectivity index is 2.18. The molecule has 0 nitrogen and oxygen atoms in total. The van der Waals surface area contributed by atoms with E-state index >= 15 is 0 Å². The van der Waals surface area contributed by atoms with E-state index in [9.17, 15) is 0 Å². The van der Waals surface area contributed by atoms with Crippen LogP contribution in [0.4, 0.5) is 0 Å². The number of benzene rings is 1. The Morgan fingerprint density at radius 1 is 1.12 bits per heavy atom. The maximum atomic E-state index is 3.53. The van der Waals surface area contributed by atoms with Crippen molar-refractivity contribution in [3.63, 3.8) is 0 Å². The summed E-state index contributed by atoms with van der Waals surface area (Å²) in [6.07, 6.45) is 10.6. The van der Waals surface area contributed by atoms with Gasteiger partial charge in [-0.2, -0.15) is 0 Å². The van der Waals surface area contributed by atoms with Crippen molar-refractivity contribution in [3.8, 4) is 0 Å². The molecule has 0 atom stereocenters. The van der Waals surface area contributed by atoms with Crippen molar-refractivity contribution >= 4 is 21.5 Å². The van der Waals surface area contributed by atoms with Gasteiger partial charge < -0.3 is 0 Å². The van der Waals surface area contributed by atoms with Crippen LogP contribution < -0.4 is 0 Å². The molecule has 0 aromatic heterocycles.